The fourth-order valence-electron chi connectivity index (χ4n) is 3.10. The molecule has 1 aromatic heterocycles. The lowest BCUT2D eigenvalue weighted by Gasteiger charge is -2.13. The molecule has 0 atom stereocenters. The third kappa shape index (κ3) is 3.98. The van der Waals surface area contributed by atoms with E-state index >= 15 is 0 Å². The summed E-state index contributed by atoms with van der Waals surface area (Å²) in [6, 6.07) is 20.3. The molecule has 4 rings (SSSR count). The number of carbonyl (C=O) groups excluding carboxylic acids is 2. The molecular weight excluding hydrogens is 386 g/mol. The molecule has 0 saturated heterocycles. The Morgan fingerprint density at radius 1 is 0.931 bits per heavy atom. The quantitative estimate of drug-likeness (QED) is 0.531. The number of nitrogens with zero attached hydrogens (tertiary/aromatic N) is 1. The molecule has 0 unspecified atom stereocenters. The summed E-state index contributed by atoms with van der Waals surface area (Å²) < 4.78 is 10.8. The maximum atomic E-state index is 13.2. The lowest BCUT2D eigenvalue weighted by atomic mass is 10.1. The summed E-state index contributed by atoms with van der Waals surface area (Å²) in [6.07, 6.45) is 1.53. The van der Waals surface area contributed by atoms with Gasteiger partial charge in [-0.2, -0.15) is 0 Å². The molecule has 2 amide bonds. The maximum Gasteiger partial charge on any atom is 0.268 e. The van der Waals surface area contributed by atoms with E-state index in [0.29, 0.717) is 28.4 Å². The van der Waals surface area contributed by atoms with Gasteiger partial charge < -0.3 is 9.15 Å². The van der Waals surface area contributed by atoms with Gasteiger partial charge in [-0.3, -0.25) is 14.5 Å². The largest absolute Gasteiger partial charge is 0.494 e. The number of ether oxygens (including phenoxy) is 1. The number of carbonyl (C=O) groups is 2. The fourth-order valence-corrected chi connectivity index (χ4v) is 4.13. The SMILES string of the molecule is CCOc1ccc(C2=C(Sc3ccccc3)C(=O)N(Cc3ccco3)C2=O)cc1. The summed E-state index contributed by atoms with van der Waals surface area (Å²) in [5.41, 5.74) is 1.09. The molecule has 0 saturated carbocycles. The van der Waals surface area contributed by atoms with Gasteiger partial charge in [0.1, 0.15) is 11.5 Å². The predicted octanol–water partition coefficient (Wildman–Crippen LogP) is 4.75. The van der Waals surface area contributed by atoms with E-state index < -0.39 is 0 Å². The molecule has 2 heterocycles. The zero-order valence-electron chi connectivity index (χ0n) is 15.8. The normalized spacial score (nSPS) is 14.0. The number of amides is 2. The van der Waals surface area contributed by atoms with Crippen LogP contribution >= 0.6 is 11.8 Å². The van der Waals surface area contributed by atoms with E-state index in [-0.39, 0.29) is 18.4 Å². The molecule has 2 aromatic carbocycles. The first-order valence-electron chi connectivity index (χ1n) is 9.26. The highest BCUT2D eigenvalue weighted by Crippen LogP contribution is 2.40. The average molecular weight is 405 g/mol. The van der Waals surface area contributed by atoms with E-state index in [9.17, 15) is 9.59 Å². The second-order valence-corrected chi connectivity index (χ2v) is 7.44. The van der Waals surface area contributed by atoms with Gasteiger partial charge in [0, 0.05) is 4.90 Å². The molecule has 0 aliphatic carbocycles. The number of imide groups is 1. The molecule has 0 fully saturated rings. The number of furan rings is 1. The number of hydrogen-bond donors (Lipinski definition) is 0. The van der Waals surface area contributed by atoms with E-state index in [1.54, 1.807) is 12.1 Å². The van der Waals surface area contributed by atoms with Gasteiger partial charge in [0.2, 0.25) is 0 Å². The molecule has 29 heavy (non-hydrogen) atoms. The van der Waals surface area contributed by atoms with E-state index in [2.05, 4.69) is 0 Å². The third-order valence-corrected chi connectivity index (χ3v) is 5.53. The number of benzene rings is 2. The molecule has 0 bridgehead atoms. The van der Waals surface area contributed by atoms with Crippen molar-refractivity contribution in [3.05, 3.63) is 89.2 Å². The fraction of sp³-hybridized carbons (Fsp3) is 0.130. The van der Waals surface area contributed by atoms with Crippen LogP contribution in [-0.2, 0) is 16.1 Å². The second-order valence-electron chi connectivity index (χ2n) is 6.35. The van der Waals surface area contributed by atoms with Gasteiger partial charge in [0.25, 0.3) is 11.8 Å². The Morgan fingerprint density at radius 2 is 1.69 bits per heavy atom. The highest BCUT2D eigenvalue weighted by atomic mass is 32.2. The zero-order valence-corrected chi connectivity index (χ0v) is 16.6. The van der Waals surface area contributed by atoms with Crippen LogP contribution in [0.4, 0.5) is 0 Å². The molecule has 5 nitrogen and oxygen atoms in total. The Bertz CT molecular complexity index is 1040. The first kappa shape index (κ1) is 19.1. The summed E-state index contributed by atoms with van der Waals surface area (Å²) in [5, 5.41) is 0. The van der Waals surface area contributed by atoms with Gasteiger partial charge in [-0.05, 0) is 48.9 Å². The van der Waals surface area contributed by atoms with Crippen molar-refractivity contribution in [2.75, 3.05) is 6.61 Å². The van der Waals surface area contributed by atoms with Gasteiger partial charge in [-0.25, -0.2) is 0 Å². The van der Waals surface area contributed by atoms with Crippen LogP contribution in [0.2, 0.25) is 0 Å². The lowest BCUT2D eigenvalue weighted by molar-refractivity contribution is -0.137. The molecule has 0 spiro atoms. The highest BCUT2D eigenvalue weighted by Gasteiger charge is 2.39. The summed E-state index contributed by atoms with van der Waals surface area (Å²) in [5.74, 6) is 0.639. The monoisotopic (exact) mass is 405 g/mol. The Kier molecular flexibility index (Phi) is 5.53. The van der Waals surface area contributed by atoms with Crippen molar-refractivity contribution in [3.8, 4) is 5.75 Å². The summed E-state index contributed by atoms with van der Waals surface area (Å²) >= 11 is 1.30. The van der Waals surface area contributed by atoms with Crippen LogP contribution in [0, 0.1) is 0 Å². The van der Waals surface area contributed by atoms with Crippen LogP contribution in [0.3, 0.4) is 0 Å². The summed E-state index contributed by atoms with van der Waals surface area (Å²) in [7, 11) is 0. The number of rotatable bonds is 7. The van der Waals surface area contributed by atoms with E-state index in [4.69, 9.17) is 9.15 Å². The van der Waals surface area contributed by atoms with Crippen LogP contribution in [0.1, 0.15) is 18.2 Å². The topological polar surface area (TPSA) is 59.8 Å². The van der Waals surface area contributed by atoms with Gasteiger partial charge in [-0.15, -0.1) is 0 Å². The lowest BCUT2D eigenvalue weighted by Crippen LogP contribution is -2.30. The molecule has 0 N–H and O–H groups in total. The second kappa shape index (κ2) is 8.41. The van der Waals surface area contributed by atoms with Gasteiger partial charge in [-0.1, -0.05) is 42.1 Å². The number of hydrogen-bond acceptors (Lipinski definition) is 5. The van der Waals surface area contributed by atoms with Crippen molar-refractivity contribution in [2.45, 2.75) is 18.4 Å². The maximum absolute atomic E-state index is 13.2. The molecule has 0 radical (unpaired) electrons. The Morgan fingerprint density at radius 3 is 2.34 bits per heavy atom. The standard InChI is InChI=1S/C23H19NO4S/c1-2-27-17-12-10-16(11-13-17)20-21(29-19-8-4-3-5-9-19)23(26)24(22(20)25)15-18-7-6-14-28-18/h3-14H,2,15H2,1H3. The van der Waals surface area contributed by atoms with Crippen molar-refractivity contribution < 1.29 is 18.7 Å². The summed E-state index contributed by atoms with van der Waals surface area (Å²) in [4.78, 5) is 28.9. The van der Waals surface area contributed by atoms with Crippen LogP contribution in [0.5, 0.6) is 5.75 Å². The Balaban J connectivity index is 1.72. The molecule has 1 aliphatic heterocycles. The number of thioether (sulfide) groups is 1. The van der Waals surface area contributed by atoms with Crippen LogP contribution in [0.25, 0.3) is 5.57 Å². The van der Waals surface area contributed by atoms with Crippen molar-refractivity contribution >= 4 is 29.1 Å². The molecular formula is C23H19NO4S. The van der Waals surface area contributed by atoms with Gasteiger partial charge >= 0.3 is 0 Å². The average Bonchev–Trinajstić information content (AvgIpc) is 3.33. The first-order valence-corrected chi connectivity index (χ1v) is 10.1. The minimum Gasteiger partial charge on any atom is -0.494 e. The highest BCUT2D eigenvalue weighted by molar-refractivity contribution is 8.04. The van der Waals surface area contributed by atoms with Crippen molar-refractivity contribution in [2.24, 2.45) is 0 Å². The van der Waals surface area contributed by atoms with Crippen LogP contribution in [-0.4, -0.2) is 23.3 Å². The van der Waals surface area contributed by atoms with Crippen LogP contribution < -0.4 is 4.74 Å². The zero-order chi connectivity index (χ0) is 20.2. The minimum atomic E-state index is -0.325. The van der Waals surface area contributed by atoms with Crippen molar-refractivity contribution in [1.82, 2.24) is 4.90 Å². The van der Waals surface area contributed by atoms with Gasteiger partial charge in [0.15, 0.2) is 0 Å². The van der Waals surface area contributed by atoms with Crippen molar-refractivity contribution in [1.29, 1.82) is 0 Å². The minimum absolute atomic E-state index is 0.101. The molecule has 3 aromatic rings. The van der Waals surface area contributed by atoms with E-state index in [1.165, 1.54) is 22.9 Å². The molecule has 146 valence electrons. The van der Waals surface area contributed by atoms with Crippen LogP contribution in [0.15, 0.2) is 87.2 Å². The van der Waals surface area contributed by atoms with E-state index in [1.807, 2.05) is 61.5 Å². The summed E-state index contributed by atoms with van der Waals surface area (Å²) in [6.45, 7) is 2.58. The van der Waals surface area contributed by atoms with Gasteiger partial charge in [0.05, 0.1) is 29.9 Å². The molecule has 6 heteroatoms. The Labute approximate surface area is 173 Å². The first-order chi connectivity index (χ1) is 14.2. The smallest absolute Gasteiger partial charge is 0.268 e. The third-order valence-electron chi connectivity index (χ3n) is 4.44. The van der Waals surface area contributed by atoms with E-state index in [0.717, 1.165) is 10.6 Å². The van der Waals surface area contributed by atoms with Crippen molar-refractivity contribution in [3.63, 3.8) is 0 Å². The predicted molar refractivity (Wildman–Crippen MR) is 111 cm³/mol. The molecule has 1 aliphatic rings. The Hall–Kier alpha value is -3.25.